The van der Waals surface area contributed by atoms with E-state index in [9.17, 15) is 20.6 Å². The van der Waals surface area contributed by atoms with Crippen molar-refractivity contribution in [3.8, 4) is 18.2 Å². The van der Waals surface area contributed by atoms with Gasteiger partial charge in [-0.1, -0.05) is 24.3 Å². The topological polar surface area (TPSA) is 116 Å². The molecule has 3 atom stereocenters. The Morgan fingerprint density at radius 3 is 2.59 bits per heavy atom. The Morgan fingerprint density at radius 1 is 1.22 bits per heavy atom. The van der Waals surface area contributed by atoms with Gasteiger partial charge in [0.05, 0.1) is 23.9 Å². The highest BCUT2D eigenvalue weighted by molar-refractivity contribution is 6.16. The zero-order valence-electron chi connectivity index (χ0n) is 14.9. The van der Waals surface area contributed by atoms with Gasteiger partial charge in [0.25, 0.3) is 0 Å². The fourth-order valence-corrected chi connectivity index (χ4v) is 5.29. The van der Waals surface area contributed by atoms with Gasteiger partial charge in [-0.15, -0.1) is 0 Å². The zero-order chi connectivity index (χ0) is 19.4. The predicted molar refractivity (Wildman–Crippen MR) is 97.4 cm³/mol. The van der Waals surface area contributed by atoms with E-state index in [0.717, 1.165) is 12.8 Å². The minimum atomic E-state index is -2.01. The van der Waals surface area contributed by atoms with Crippen LogP contribution in [-0.4, -0.2) is 18.7 Å². The van der Waals surface area contributed by atoms with Gasteiger partial charge in [0.1, 0.15) is 11.3 Å². The maximum absolute atomic E-state index is 13.7. The molecule has 6 heteroatoms. The third-order valence-electron chi connectivity index (χ3n) is 6.42. The van der Waals surface area contributed by atoms with Crippen molar-refractivity contribution in [1.82, 2.24) is 0 Å². The molecule has 1 aliphatic heterocycles. The number of amides is 1. The molecule has 132 valence electrons. The number of nitrogens with one attached hydrogen (secondary N) is 1. The summed E-state index contributed by atoms with van der Waals surface area (Å²) in [6, 6.07) is 13.4. The smallest absolute Gasteiger partial charge is 0.241 e. The summed E-state index contributed by atoms with van der Waals surface area (Å²) in [5.74, 6) is -1.72. The number of hydrogen-bond donors (Lipinski definition) is 1. The van der Waals surface area contributed by atoms with Gasteiger partial charge in [0.15, 0.2) is 0 Å². The molecule has 1 saturated carbocycles. The number of carbonyl (C=O) groups is 1. The number of nitrogens with zero attached hydrogens (tertiary/aromatic N) is 4. The first-order valence-corrected chi connectivity index (χ1v) is 8.90. The molecule has 0 radical (unpaired) electrons. The predicted octanol–water partition coefficient (Wildman–Crippen LogP) is 2.83. The molecule has 3 aliphatic rings. The van der Waals surface area contributed by atoms with Crippen molar-refractivity contribution in [3.05, 3.63) is 41.5 Å². The van der Waals surface area contributed by atoms with Crippen LogP contribution in [0.15, 0.2) is 35.9 Å². The van der Waals surface area contributed by atoms with Crippen molar-refractivity contribution in [2.24, 2.45) is 17.3 Å². The highest BCUT2D eigenvalue weighted by Crippen LogP contribution is 2.63. The Bertz CT molecular complexity index is 1020. The first-order chi connectivity index (χ1) is 13.0. The molecule has 1 aromatic carbocycles. The van der Waals surface area contributed by atoms with E-state index in [2.05, 4.69) is 6.07 Å². The standard InChI is InChI=1S/C21H17N5O/c1-26-17-9-5-4-8-16(17)21(19(26)27)15-7-3-2-6-13(15)14(10-22)18(25)20(21,11-23)12-24/h4-6,8-9,14-15,25H,2-3,7H2,1H3/t14-,15+,21+/m1/s1. The van der Waals surface area contributed by atoms with Gasteiger partial charge >= 0.3 is 0 Å². The van der Waals surface area contributed by atoms with E-state index in [-0.39, 0.29) is 11.6 Å². The maximum Gasteiger partial charge on any atom is 0.241 e. The minimum absolute atomic E-state index is 0.280. The molecule has 1 fully saturated rings. The summed E-state index contributed by atoms with van der Waals surface area (Å²) in [7, 11) is 1.64. The van der Waals surface area contributed by atoms with Crippen molar-refractivity contribution in [2.75, 3.05) is 11.9 Å². The summed E-state index contributed by atoms with van der Waals surface area (Å²) in [6.07, 6.45) is 4.13. The molecule has 1 aromatic rings. The van der Waals surface area contributed by atoms with Crippen molar-refractivity contribution < 1.29 is 4.79 Å². The van der Waals surface area contributed by atoms with Crippen LogP contribution in [0.4, 0.5) is 5.69 Å². The van der Waals surface area contributed by atoms with Crippen LogP contribution in [0.25, 0.3) is 0 Å². The van der Waals surface area contributed by atoms with Crippen LogP contribution < -0.4 is 4.90 Å². The number of rotatable bonds is 0. The number of fused-ring (bicyclic) bond motifs is 4. The zero-order valence-corrected chi connectivity index (χ0v) is 14.9. The molecule has 1 spiro atoms. The summed E-state index contributed by atoms with van der Waals surface area (Å²) in [6.45, 7) is 0. The third kappa shape index (κ3) is 1.67. The van der Waals surface area contributed by atoms with Crippen LogP contribution in [0.3, 0.4) is 0 Å². The van der Waals surface area contributed by atoms with E-state index in [1.54, 1.807) is 25.2 Å². The molecule has 1 heterocycles. The summed E-state index contributed by atoms with van der Waals surface area (Å²) in [5.41, 5.74) is -1.79. The van der Waals surface area contributed by atoms with Crippen LogP contribution >= 0.6 is 0 Å². The average Bonchev–Trinajstić information content (AvgIpc) is 2.93. The number of nitriles is 3. The lowest BCUT2D eigenvalue weighted by Crippen LogP contribution is -2.64. The van der Waals surface area contributed by atoms with E-state index in [1.807, 2.05) is 24.3 Å². The molecule has 2 aliphatic carbocycles. The molecule has 27 heavy (non-hydrogen) atoms. The molecule has 1 amide bonds. The van der Waals surface area contributed by atoms with E-state index in [1.165, 1.54) is 4.90 Å². The van der Waals surface area contributed by atoms with Crippen LogP contribution in [0.1, 0.15) is 24.8 Å². The third-order valence-corrected chi connectivity index (χ3v) is 6.42. The van der Waals surface area contributed by atoms with Crippen LogP contribution in [0, 0.1) is 56.7 Å². The normalized spacial score (nSPS) is 30.6. The van der Waals surface area contributed by atoms with Gasteiger partial charge in [-0.05, 0) is 36.5 Å². The van der Waals surface area contributed by atoms with Gasteiger partial charge in [-0.3, -0.25) is 4.79 Å². The Labute approximate surface area is 157 Å². The molecule has 4 rings (SSSR count). The van der Waals surface area contributed by atoms with Crippen LogP contribution in [0.2, 0.25) is 0 Å². The number of benzene rings is 1. The summed E-state index contributed by atoms with van der Waals surface area (Å²) < 4.78 is 0. The van der Waals surface area contributed by atoms with E-state index >= 15 is 0 Å². The number of allylic oxidation sites excluding steroid dienone is 2. The lowest BCUT2D eigenvalue weighted by Gasteiger charge is -2.51. The van der Waals surface area contributed by atoms with Crippen LogP contribution in [-0.2, 0) is 10.2 Å². The fourth-order valence-electron chi connectivity index (χ4n) is 5.29. The highest BCUT2D eigenvalue weighted by Gasteiger charge is 2.73. The maximum atomic E-state index is 13.7. The molecular formula is C21H17N5O. The molecular weight excluding hydrogens is 338 g/mol. The van der Waals surface area contributed by atoms with Crippen molar-refractivity contribution in [3.63, 3.8) is 0 Å². The summed E-state index contributed by atoms with van der Waals surface area (Å²) in [5, 5.41) is 38.7. The monoisotopic (exact) mass is 355 g/mol. The first kappa shape index (κ1) is 17.0. The quantitative estimate of drug-likeness (QED) is 0.720. The number of hydrogen-bond acceptors (Lipinski definition) is 5. The second kappa shape index (κ2) is 5.53. The fraction of sp³-hybridized carbons (Fsp3) is 0.381. The van der Waals surface area contributed by atoms with Gasteiger partial charge in [0, 0.05) is 18.7 Å². The van der Waals surface area contributed by atoms with Gasteiger partial charge in [0.2, 0.25) is 11.3 Å². The lowest BCUT2D eigenvalue weighted by molar-refractivity contribution is -0.126. The van der Waals surface area contributed by atoms with Gasteiger partial charge < -0.3 is 10.3 Å². The average molecular weight is 355 g/mol. The second-order valence-corrected chi connectivity index (χ2v) is 7.33. The Hall–Kier alpha value is -3.43. The summed E-state index contributed by atoms with van der Waals surface area (Å²) >= 11 is 0. The van der Waals surface area contributed by atoms with E-state index in [0.29, 0.717) is 23.2 Å². The van der Waals surface area contributed by atoms with E-state index < -0.39 is 22.7 Å². The van der Waals surface area contributed by atoms with Gasteiger partial charge in [-0.2, -0.15) is 15.8 Å². The van der Waals surface area contributed by atoms with Crippen molar-refractivity contribution in [1.29, 1.82) is 21.2 Å². The molecule has 0 bridgehead atoms. The number of carbonyl (C=O) groups excluding carboxylic acids is 1. The lowest BCUT2D eigenvalue weighted by atomic mass is 9.45. The number of anilines is 1. The minimum Gasteiger partial charge on any atom is -0.314 e. The molecule has 0 unspecified atom stereocenters. The number of likely N-dealkylation sites (N-methyl/N-ethyl adjacent to an activating group) is 1. The SMILES string of the molecule is CN1C(=O)[C@@]2(c3ccccc31)[C@H]1CCCC=C1[C@@H](C#N)C(=N)C2(C#N)C#N. The molecule has 1 N–H and O–H groups in total. The first-order valence-electron chi connectivity index (χ1n) is 8.90. The Morgan fingerprint density at radius 2 is 1.93 bits per heavy atom. The summed E-state index contributed by atoms with van der Waals surface area (Å²) in [4.78, 5) is 15.2. The van der Waals surface area contributed by atoms with Crippen molar-refractivity contribution >= 4 is 17.3 Å². The molecule has 0 aromatic heterocycles. The highest BCUT2D eigenvalue weighted by atomic mass is 16.2. The van der Waals surface area contributed by atoms with Gasteiger partial charge in [-0.25, -0.2) is 0 Å². The van der Waals surface area contributed by atoms with Crippen molar-refractivity contribution in [2.45, 2.75) is 24.7 Å². The van der Waals surface area contributed by atoms with Crippen LogP contribution in [0.5, 0.6) is 0 Å². The largest absolute Gasteiger partial charge is 0.314 e. The molecule has 0 saturated heterocycles. The Balaban J connectivity index is 2.17. The molecule has 6 nitrogen and oxygen atoms in total. The second-order valence-electron chi connectivity index (χ2n) is 7.33. The Kier molecular flexibility index (Phi) is 3.48. The van der Waals surface area contributed by atoms with E-state index in [4.69, 9.17) is 5.41 Å². The number of para-hydroxylation sites is 1.